The maximum atomic E-state index is 13.1. The van der Waals surface area contributed by atoms with Gasteiger partial charge in [-0.05, 0) is 79.8 Å². The Morgan fingerprint density at radius 1 is 1.00 bits per heavy atom. The summed E-state index contributed by atoms with van der Waals surface area (Å²) in [4.78, 5) is 29.1. The first-order valence-corrected chi connectivity index (χ1v) is 14.3. The van der Waals surface area contributed by atoms with E-state index in [1.165, 1.54) is 24.3 Å². The fourth-order valence-corrected chi connectivity index (χ4v) is 4.89. The molecule has 1 aliphatic rings. The Hall–Kier alpha value is -4.70. The molecule has 4 aromatic rings. The van der Waals surface area contributed by atoms with Gasteiger partial charge < -0.3 is 30.0 Å². The molecule has 0 unspecified atom stereocenters. The molecule has 1 saturated carbocycles. The average molecular weight is 588 g/mol. The molecule has 5 rings (SSSR count). The molecular weight excluding hydrogens is 553 g/mol. The van der Waals surface area contributed by atoms with E-state index in [1.54, 1.807) is 43.6 Å². The van der Waals surface area contributed by atoms with Crippen molar-refractivity contribution in [2.24, 2.45) is 5.73 Å². The number of amides is 1. The van der Waals surface area contributed by atoms with E-state index in [-0.39, 0.29) is 30.9 Å². The van der Waals surface area contributed by atoms with E-state index in [0.717, 1.165) is 31.2 Å². The fourth-order valence-electron chi connectivity index (χ4n) is 4.89. The molecule has 1 atom stereocenters. The molecule has 9 nitrogen and oxygen atoms in total. The summed E-state index contributed by atoms with van der Waals surface area (Å²) in [6, 6.07) is 17.3. The van der Waals surface area contributed by atoms with Crippen molar-refractivity contribution in [2.45, 2.75) is 50.7 Å². The fraction of sp³-hybridized carbons (Fsp3) is 0.303. The third-order valence-corrected chi connectivity index (χ3v) is 7.20. The first kappa shape index (κ1) is 29.8. The lowest BCUT2D eigenvalue weighted by Crippen LogP contribution is -2.35. The predicted octanol–water partition coefficient (Wildman–Crippen LogP) is 5.94. The minimum Gasteiger partial charge on any atom is -0.493 e. The Labute approximate surface area is 249 Å². The number of carbonyl (C=O) groups excluding carboxylic acids is 2. The maximum Gasteiger partial charge on any atom is 0.323 e. The number of pyridine rings is 1. The standard InChI is InChI=1S/C33H34FN3O6/c1-40-30-19-26-28(20-31(30)41-17-15-27(35)33(39)43-24-4-2-3-5-24)36-16-14-29(26)42-25-12-6-21(7-13-25)18-32(38)37-23-10-8-22(34)9-11-23/h6-14,16,19-20,24,27H,2-5,15,17-18,35H2,1H3,(H,37,38)/t27-/m0/s1. The van der Waals surface area contributed by atoms with Gasteiger partial charge in [-0.1, -0.05) is 12.1 Å². The van der Waals surface area contributed by atoms with Gasteiger partial charge in [0.25, 0.3) is 0 Å². The van der Waals surface area contributed by atoms with E-state index >= 15 is 0 Å². The number of anilines is 1. The molecular formula is C33H34FN3O6. The van der Waals surface area contributed by atoms with Gasteiger partial charge in [0.15, 0.2) is 11.5 Å². The van der Waals surface area contributed by atoms with Crippen LogP contribution in [0.3, 0.4) is 0 Å². The monoisotopic (exact) mass is 587 g/mol. The largest absolute Gasteiger partial charge is 0.493 e. The lowest BCUT2D eigenvalue weighted by Gasteiger charge is -2.17. The highest BCUT2D eigenvalue weighted by molar-refractivity contribution is 5.92. The molecule has 3 aromatic carbocycles. The number of fused-ring (bicyclic) bond motifs is 1. The van der Waals surface area contributed by atoms with Crippen molar-refractivity contribution in [3.63, 3.8) is 0 Å². The third-order valence-electron chi connectivity index (χ3n) is 7.20. The molecule has 0 spiro atoms. The first-order chi connectivity index (χ1) is 20.9. The number of methoxy groups -OCH3 is 1. The number of nitrogens with zero attached hydrogens (tertiary/aromatic N) is 1. The lowest BCUT2D eigenvalue weighted by molar-refractivity contribution is -0.150. The van der Waals surface area contributed by atoms with Crippen molar-refractivity contribution >= 4 is 28.5 Å². The van der Waals surface area contributed by atoms with Crippen LogP contribution in [-0.2, 0) is 20.7 Å². The van der Waals surface area contributed by atoms with Gasteiger partial charge in [-0.15, -0.1) is 0 Å². The van der Waals surface area contributed by atoms with Gasteiger partial charge in [-0.25, -0.2) is 4.39 Å². The van der Waals surface area contributed by atoms with Crippen molar-refractivity contribution in [1.29, 1.82) is 0 Å². The molecule has 10 heteroatoms. The van der Waals surface area contributed by atoms with E-state index in [1.807, 2.05) is 12.1 Å². The van der Waals surface area contributed by atoms with Gasteiger partial charge in [-0.2, -0.15) is 0 Å². The lowest BCUT2D eigenvalue weighted by atomic mass is 10.1. The smallest absolute Gasteiger partial charge is 0.323 e. The Morgan fingerprint density at radius 2 is 1.74 bits per heavy atom. The highest BCUT2D eigenvalue weighted by Crippen LogP contribution is 2.37. The van der Waals surface area contributed by atoms with Crippen molar-refractivity contribution in [1.82, 2.24) is 4.98 Å². The Kier molecular flexibility index (Phi) is 9.68. The molecule has 3 N–H and O–H groups in total. The van der Waals surface area contributed by atoms with Crippen molar-refractivity contribution in [3.05, 3.63) is 84.3 Å². The summed E-state index contributed by atoms with van der Waals surface area (Å²) < 4.78 is 36.2. The third kappa shape index (κ3) is 7.98. The van der Waals surface area contributed by atoms with Crippen LogP contribution in [-0.4, -0.2) is 42.7 Å². The van der Waals surface area contributed by atoms with E-state index in [9.17, 15) is 14.0 Å². The number of halogens is 1. The number of carbonyl (C=O) groups is 2. The molecule has 0 radical (unpaired) electrons. The molecule has 1 aliphatic carbocycles. The number of aromatic nitrogens is 1. The van der Waals surface area contributed by atoms with E-state index < -0.39 is 12.0 Å². The van der Waals surface area contributed by atoms with E-state index in [2.05, 4.69) is 10.3 Å². The Morgan fingerprint density at radius 3 is 2.47 bits per heavy atom. The number of hydrogen-bond donors (Lipinski definition) is 2. The first-order valence-electron chi connectivity index (χ1n) is 14.3. The molecule has 0 saturated heterocycles. The number of esters is 1. The second-order valence-corrected chi connectivity index (χ2v) is 10.4. The highest BCUT2D eigenvalue weighted by Gasteiger charge is 2.23. The zero-order valence-electron chi connectivity index (χ0n) is 23.9. The van der Waals surface area contributed by atoms with Gasteiger partial charge in [0.1, 0.15) is 29.5 Å². The molecule has 224 valence electrons. The molecule has 0 aliphatic heterocycles. The van der Waals surface area contributed by atoms with Crippen molar-refractivity contribution < 1.29 is 32.9 Å². The number of nitrogens with one attached hydrogen (secondary N) is 1. The zero-order chi connectivity index (χ0) is 30.2. The predicted molar refractivity (Wildman–Crippen MR) is 160 cm³/mol. The summed E-state index contributed by atoms with van der Waals surface area (Å²) in [5, 5.41) is 3.47. The molecule has 0 bridgehead atoms. The number of rotatable bonds is 12. The van der Waals surface area contributed by atoms with Crippen LogP contribution >= 0.6 is 0 Å². The second-order valence-electron chi connectivity index (χ2n) is 10.4. The molecule has 1 fully saturated rings. The van der Waals surface area contributed by atoms with Crippen LogP contribution in [0.5, 0.6) is 23.0 Å². The maximum absolute atomic E-state index is 13.1. The summed E-state index contributed by atoms with van der Waals surface area (Å²) in [5.41, 5.74) is 7.99. The summed E-state index contributed by atoms with van der Waals surface area (Å²) in [6.07, 6.45) is 6.00. The highest BCUT2D eigenvalue weighted by atomic mass is 19.1. The van der Waals surface area contributed by atoms with Crippen molar-refractivity contribution in [2.75, 3.05) is 19.0 Å². The number of hydrogen-bond acceptors (Lipinski definition) is 8. The Bertz CT molecular complexity index is 1560. The van der Waals surface area contributed by atoms with Gasteiger partial charge in [0.05, 0.1) is 25.7 Å². The Balaban J connectivity index is 1.19. The van der Waals surface area contributed by atoms with Crippen LogP contribution in [0.4, 0.5) is 10.1 Å². The van der Waals surface area contributed by atoms with Crippen LogP contribution in [0.25, 0.3) is 10.9 Å². The van der Waals surface area contributed by atoms with Crippen LogP contribution in [0.2, 0.25) is 0 Å². The summed E-state index contributed by atoms with van der Waals surface area (Å²) >= 11 is 0. The molecule has 1 aromatic heterocycles. The number of ether oxygens (including phenoxy) is 4. The molecule has 1 heterocycles. The summed E-state index contributed by atoms with van der Waals surface area (Å²) in [7, 11) is 1.54. The van der Waals surface area contributed by atoms with Gasteiger partial charge in [0.2, 0.25) is 5.91 Å². The van der Waals surface area contributed by atoms with Crippen LogP contribution in [0.15, 0.2) is 72.9 Å². The van der Waals surface area contributed by atoms with Gasteiger partial charge in [-0.3, -0.25) is 14.6 Å². The van der Waals surface area contributed by atoms with Crippen LogP contribution < -0.4 is 25.3 Å². The molecule has 43 heavy (non-hydrogen) atoms. The van der Waals surface area contributed by atoms with Gasteiger partial charge >= 0.3 is 5.97 Å². The number of nitrogens with two attached hydrogens (primary N) is 1. The summed E-state index contributed by atoms with van der Waals surface area (Å²) in [5.74, 6) is 1.12. The topological polar surface area (TPSA) is 122 Å². The second kappa shape index (κ2) is 14.0. The average Bonchev–Trinajstić information content (AvgIpc) is 3.52. The minimum absolute atomic E-state index is 0.0268. The normalized spacial score (nSPS) is 13.8. The minimum atomic E-state index is -0.763. The summed E-state index contributed by atoms with van der Waals surface area (Å²) in [6.45, 7) is 0.202. The van der Waals surface area contributed by atoms with Crippen molar-refractivity contribution in [3.8, 4) is 23.0 Å². The molecule has 1 amide bonds. The van der Waals surface area contributed by atoms with E-state index in [4.69, 9.17) is 24.7 Å². The van der Waals surface area contributed by atoms with Crippen LogP contribution in [0, 0.1) is 5.82 Å². The van der Waals surface area contributed by atoms with Gasteiger partial charge in [0, 0.05) is 29.8 Å². The zero-order valence-corrected chi connectivity index (χ0v) is 23.9. The van der Waals surface area contributed by atoms with Crippen LogP contribution in [0.1, 0.15) is 37.7 Å². The SMILES string of the molecule is COc1cc2c(Oc3ccc(CC(=O)Nc4ccc(F)cc4)cc3)ccnc2cc1OCC[C@H](N)C(=O)OC1CCCC1. The number of benzene rings is 3. The van der Waals surface area contributed by atoms with E-state index in [0.29, 0.717) is 46.0 Å². The quantitative estimate of drug-likeness (QED) is 0.195.